The van der Waals surface area contributed by atoms with Crippen molar-refractivity contribution in [3.05, 3.63) is 35.9 Å². The Bertz CT molecular complexity index is 733. The van der Waals surface area contributed by atoms with Gasteiger partial charge in [0.15, 0.2) is 0 Å². The van der Waals surface area contributed by atoms with Crippen molar-refractivity contribution >= 4 is 18.1 Å². The summed E-state index contributed by atoms with van der Waals surface area (Å²) in [6.07, 6.45) is 1.06. The lowest BCUT2D eigenvalue weighted by Crippen LogP contribution is -2.56. The first-order valence-corrected chi connectivity index (χ1v) is 9.72. The van der Waals surface area contributed by atoms with Crippen molar-refractivity contribution in [3.63, 3.8) is 0 Å². The molecule has 7 nitrogen and oxygen atoms in total. The van der Waals surface area contributed by atoms with Gasteiger partial charge in [-0.2, -0.15) is 0 Å². The summed E-state index contributed by atoms with van der Waals surface area (Å²) in [6.45, 7) is 6.46. The van der Waals surface area contributed by atoms with Crippen molar-refractivity contribution in [1.29, 1.82) is 0 Å². The molecule has 0 bridgehead atoms. The molecule has 1 aromatic rings. The van der Waals surface area contributed by atoms with E-state index in [4.69, 9.17) is 9.47 Å². The third kappa shape index (κ3) is 4.46. The zero-order valence-electron chi connectivity index (χ0n) is 16.8. The van der Waals surface area contributed by atoms with Crippen molar-refractivity contribution in [3.8, 4) is 0 Å². The molecule has 3 rings (SSSR count). The number of hydrogen-bond acceptors (Lipinski definition) is 5. The molecule has 2 aliphatic heterocycles. The molecule has 2 heterocycles. The van der Waals surface area contributed by atoms with E-state index < -0.39 is 17.2 Å². The second-order valence-electron chi connectivity index (χ2n) is 8.46. The maximum Gasteiger partial charge on any atom is 0.417 e. The van der Waals surface area contributed by atoms with Gasteiger partial charge in [-0.1, -0.05) is 30.3 Å². The minimum atomic E-state index is -0.664. The van der Waals surface area contributed by atoms with Crippen LogP contribution >= 0.6 is 0 Å². The average molecular weight is 388 g/mol. The maximum absolute atomic E-state index is 12.6. The van der Waals surface area contributed by atoms with E-state index in [1.807, 2.05) is 30.3 Å². The van der Waals surface area contributed by atoms with Gasteiger partial charge >= 0.3 is 12.2 Å². The normalized spacial score (nSPS) is 19.0. The van der Waals surface area contributed by atoms with Crippen LogP contribution in [-0.2, 0) is 20.9 Å². The fourth-order valence-electron chi connectivity index (χ4n) is 3.82. The van der Waals surface area contributed by atoms with Gasteiger partial charge in [0.25, 0.3) is 0 Å². The molecule has 0 atom stereocenters. The van der Waals surface area contributed by atoms with E-state index >= 15 is 0 Å². The summed E-state index contributed by atoms with van der Waals surface area (Å²) in [4.78, 5) is 40.3. The third-order valence-corrected chi connectivity index (χ3v) is 5.26. The van der Waals surface area contributed by atoms with E-state index in [1.54, 1.807) is 25.7 Å². The summed E-state index contributed by atoms with van der Waals surface area (Å²) >= 11 is 0. The van der Waals surface area contributed by atoms with Crippen LogP contribution in [0.3, 0.4) is 0 Å². The lowest BCUT2D eigenvalue weighted by Gasteiger charge is -2.43. The van der Waals surface area contributed by atoms with Crippen LogP contribution in [0.1, 0.15) is 52.0 Å². The predicted molar refractivity (Wildman–Crippen MR) is 102 cm³/mol. The van der Waals surface area contributed by atoms with Crippen molar-refractivity contribution < 1.29 is 23.9 Å². The van der Waals surface area contributed by atoms with Gasteiger partial charge in [-0.15, -0.1) is 0 Å². The van der Waals surface area contributed by atoms with Gasteiger partial charge in [-0.05, 0) is 45.6 Å². The van der Waals surface area contributed by atoms with Crippen LogP contribution in [-0.4, -0.2) is 52.1 Å². The lowest BCUT2D eigenvalue weighted by molar-refractivity contribution is -0.131. The molecular weight excluding hydrogens is 360 g/mol. The molecule has 3 amide bonds. The van der Waals surface area contributed by atoms with E-state index in [2.05, 4.69) is 0 Å². The first-order chi connectivity index (χ1) is 13.2. The number of carbonyl (C=O) groups excluding carboxylic acids is 3. The van der Waals surface area contributed by atoms with Gasteiger partial charge in [0.05, 0.1) is 5.54 Å². The molecule has 0 aliphatic carbocycles. The first-order valence-electron chi connectivity index (χ1n) is 9.72. The number of rotatable bonds is 2. The van der Waals surface area contributed by atoms with Crippen molar-refractivity contribution in [2.75, 3.05) is 13.1 Å². The smallest absolute Gasteiger partial charge is 0.417 e. The molecule has 0 radical (unpaired) electrons. The van der Waals surface area contributed by atoms with Gasteiger partial charge in [0.1, 0.15) is 12.2 Å². The average Bonchev–Trinajstić information content (AvgIpc) is 2.96. The summed E-state index contributed by atoms with van der Waals surface area (Å²) in [5.74, 6) is -0.200. The van der Waals surface area contributed by atoms with Gasteiger partial charge in [0, 0.05) is 19.5 Å². The van der Waals surface area contributed by atoms with Crippen LogP contribution < -0.4 is 0 Å². The monoisotopic (exact) mass is 388 g/mol. The van der Waals surface area contributed by atoms with E-state index in [0.29, 0.717) is 38.8 Å². The number of carbonyl (C=O) groups is 3. The molecule has 2 aliphatic rings. The molecule has 1 spiro atoms. The van der Waals surface area contributed by atoms with Gasteiger partial charge in [-0.3, -0.25) is 4.79 Å². The summed E-state index contributed by atoms with van der Waals surface area (Å²) in [5.41, 5.74) is -0.291. The van der Waals surface area contributed by atoms with E-state index in [9.17, 15) is 14.4 Å². The number of amides is 3. The predicted octanol–water partition coefficient (Wildman–Crippen LogP) is 3.72. The van der Waals surface area contributed by atoms with Crippen molar-refractivity contribution in [2.24, 2.45) is 0 Å². The SMILES string of the molecule is CC(C)(C)OC(=O)N1C(=O)CCC12CCN(C(=O)OCc1ccccc1)CC2. The summed E-state index contributed by atoms with van der Waals surface area (Å²) in [5, 5.41) is 0. The lowest BCUT2D eigenvalue weighted by atomic mass is 9.85. The summed E-state index contributed by atoms with van der Waals surface area (Å²) < 4.78 is 10.8. The minimum Gasteiger partial charge on any atom is -0.445 e. The quantitative estimate of drug-likeness (QED) is 0.772. The fourth-order valence-corrected chi connectivity index (χ4v) is 3.82. The molecule has 0 N–H and O–H groups in total. The molecule has 2 saturated heterocycles. The Balaban J connectivity index is 1.59. The highest BCUT2D eigenvalue weighted by Gasteiger charge is 2.51. The molecule has 0 aromatic heterocycles. The standard InChI is InChI=1S/C21H28N2O5/c1-20(2,3)28-19(26)23-17(24)9-10-21(23)11-13-22(14-12-21)18(25)27-15-16-7-5-4-6-8-16/h4-8H,9-15H2,1-3H3. The Morgan fingerprint density at radius 2 is 1.68 bits per heavy atom. The highest BCUT2D eigenvalue weighted by atomic mass is 16.6. The molecule has 2 fully saturated rings. The Hall–Kier alpha value is -2.57. The van der Waals surface area contributed by atoms with Gasteiger partial charge < -0.3 is 14.4 Å². The molecule has 7 heteroatoms. The minimum absolute atomic E-state index is 0.200. The molecule has 0 saturated carbocycles. The van der Waals surface area contributed by atoms with Crippen LogP contribution in [0, 0.1) is 0 Å². The first kappa shape index (κ1) is 20.2. The van der Waals surface area contributed by atoms with Gasteiger partial charge in [-0.25, -0.2) is 14.5 Å². The van der Waals surface area contributed by atoms with E-state index in [1.165, 1.54) is 4.90 Å². The second-order valence-corrected chi connectivity index (χ2v) is 8.46. The zero-order valence-corrected chi connectivity index (χ0v) is 16.8. The molecule has 0 unspecified atom stereocenters. The van der Waals surface area contributed by atoms with Crippen molar-refractivity contribution in [1.82, 2.24) is 9.80 Å². The Kier molecular flexibility index (Phi) is 5.63. The van der Waals surface area contributed by atoms with Gasteiger partial charge in [0.2, 0.25) is 5.91 Å². The number of benzene rings is 1. The number of piperidine rings is 1. The number of hydrogen-bond donors (Lipinski definition) is 0. The molecular formula is C21H28N2O5. The number of likely N-dealkylation sites (tertiary alicyclic amines) is 2. The Morgan fingerprint density at radius 1 is 1.04 bits per heavy atom. The fraction of sp³-hybridized carbons (Fsp3) is 0.571. The van der Waals surface area contributed by atoms with E-state index in [0.717, 1.165) is 5.56 Å². The Labute approximate surface area is 165 Å². The number of ether oxygens (including phenoxy) is 2. The topological polar surface area (TPSA) is 76.2 Å². The third-order valence-electron chi connectivity index (χ3n) is 5.26. The number of nitrogens with zero attached hydrogens (tertiary/aromatic N) is 2. The van der Waals surface area contributed by atoms with Crippen molar-refractivity contribution in [2.45, 2.75) is 64.2 Å². The van der Waals surface area contributed by atoms with Crippen LogP contribution in [0.2, 0.25) is 0 Å². The highest BCUT2D eigenvalue weighted by Crippen LogP contribution is 2.40. The zero-order chi connectivity index (χ0) is 20.4. The van der Waals surface area contributed by atoms with Crippen LogP contribution in [0.15, 0.2) is 30.3 Å². The number of imide groups is 1. The Morgan fingerprint density at radius 3 is 2.29 bits per heavy atom. The summed E-state index contributed by atoms with van der Waals surface area (Å²) in [7, 11) is 0. The molecule has 28 heavy (non-hydrogen) atoms. The molecule has 1 aromatic carbocycles. The van der Waals surface area contributed by atoms with Crippen LogP contribution in [0.25, 0.3) is 0 Å². The summed E-state index contributed by atoms with van der Waals surface area (Å²) in [6, 6.07) is 9.52. The molecule has 152 valence electrons. The second kappa shape index (κ2) is 7.81. The van der Waals surface area contributed by atoms with Crippen LogP contribution in [0.4, 0.5) is 9.59 Å². The maximum atomic E-state index is 12.6. The largest absolute Gasteiger partial charge is 0.445 e. The van der Waals surface area contributed by atoms with E-state index in [-0.39, 0.29) is 18.6 Å². The highest BCUT2D eigenvalue weighted by molar-refractivity contribution is 5.95. The van der Waals surface area contributed by atoms with Crippen LogP contribution in [0.5, 0.6) is 0 Å².